The molecule has 3 N–H and O–H groups in total. The second-order valence-electron chi connectivity index (χ2n) is 6.57. The Bertz CT molecular complexity index is 877. The highest BCUT2D eigenvalue weighted by molar-refractivity contribution is 14.0. The van der Waals surface area contributed by atoms with Crippen molar-refractivity contribution in [2.24, 2.45) is 4.99 Å². The van der Waals surface area contributed by atoms with Crippen LogP contribution in [0.5, 0.6) is 17.2 Å². The molecule has 0 amide bonds. The summed E-state index contributed by atoms with van der Waals surface area (Å²) in [6.07, 6.45) is -4.41. The molecule has 0 unspecified atom stereocenters. The Morgan fingerprint density at radius 2 is 1.84 bits per heavy atom. The number of alkyl halides is 3. The number of aryl methyl sites for hydroxylation is 1. The van der Waals surface area contributed by atoms with Crippen molar-refractivity contribution in [1.82, 2.24) is 10.6 Å². The van der Waals surface area contributed by atoms with Crippen LogP contribution in [0.3, 0.4) is 0 Å². The van der Waals surface area contributed by atoms with Crippen LogP contribution in [0.15, 0.2) is 41.4 Å². The molecule has 2 aromatic carbocycles. The molecule has 10 heteroatoms. The lowest BCUT2D eigenvalue weighted by Crippen LogP contribution is -2.37. The van der Waals surface area contributed by atoms with Gasteiger partial charge in [0.2, 0.25) is 0 Å². The molecule has 0 aliphatic carbocycles. The predicted molar refractivity (Wildman–Crippen MR) is 124 cm³/mol. The van der Waals surface area contributed by atoms with E-state index in [1.54, 1.807) is 37.3 Å². The quantitative estimate of drug-likeness (QED) is 0.255. The van der Waals surface area contributed by atoms with E-state index < -0.39 is 12.8 Å². The van der Waals surface area contributed by atoms with Crippen LogP contribution in [0.1, 0.15) is 23.6 Å². The molecule has 2 aromatic rings. The predicted octanol–water partition coefficient (Wildman–Crippen LogP) is 4.52. The van der Waals surface area contributed by atoms with Gasteiger partial charge in [0.05, 0.1) is 13.7 Å². The highest BCUT2D eigenvalue weighted by atomic mass is 127. The second kappa shape index (κ2) is 12.5. The first kappa shape index (κ1) is 26.7. The van der Waals surface area contributed by atoms with Gasteiger partial charge in [0, 0.05) is 18.7 Å². The summed E-state index contributed by atoms with van der Waals surface area (Å²) in [5, 5.41) is 16.0. The van der Waals surface area contributed by atoms with Gasteiger partial charge in [-0.25, -0.2) is 4.99 Å². The van der Waals surface area contributed by atoms with Crippen molar-refractivity contribution < 1.29 is 27.8 Å². The van der Waals surface area contributed by atoms with E-state index in [9.17, 15) is 18.3 Å². The molecule has 172 valence electrons. The summed E-state index contributed by atoms with van der Waals surface area (Å²) in [5.41, 5.74) is 2.16. The lowest BCUT2D eigenvalue weighted by Gasteiger charge is -2.16. The number of halogens is 4. The fourth-order valence-electron chi connectivity index (χ4n) is 2.63. The van der Waals surface area contributed by atoms with Crippen LogP contribution in [0.25, 0.3) is 0 Å². The van der Waals surface area contributed by atoms with Crippen molar-refractivity contribution in [2.75, 3.05) is 20.3 Å². The van der Waals surface area contributed by atoms with E-state index in [4.69, 9.17) is 9.47 Å². The number of hydrogen-bond donors (Lipinski definition) is 3. The number of nitrogens with zero attached hydrogens (tertiary/aromatic N) is 1. The van der Waals surface area contributed by atoms with E-state index in [1.165, 1.54) is 7.11 Å². The Hall–Kier alpha value is -2.37. The van der Waals surface area contributed by atoms with Gasteiger partial charge in [-0.1, -0.05) is 18.2 Å². The molecule has 0 bridgehead atoms. The average Bonchev–Trinajstić information content (AvgIpc) is 2.69. The summed E-state index contributed by atoms with van der Waals surface area (Å²) >= 11 is 0. The van der Waals surface area contributed by atoms with Gasteiger partial charge in [0.15, 0.2) is 24.1 Å². The van der Waals surface area contributed by atoms with Crippen molar-refractivity contribution in [2.45, 2.75) is 33.1 Å². The van der Waals surface area contributed by atoms with Gasteiger partial charge in [-0.15, -0.1) is 24.0 Å². The zero-order valence-electron chi connectivity index (χ0n) is 17.5. The zero-order chi connectivity index (χ0) is 22.1. The third-order valence-electron chi connectivity index (χ3n) is 4.07. The molecule has 0 aliphatic rings. The Labute approximate surface area is 196 Å². The van der Waals surface area contributed by atoms with E-state index in [2.05, 4.69) is 15.6 Å². The highest BCUT2D eigenvalue weighted by Gasteiger charge is 2.28. The summed E-state index contributed by atoms with van der Waals surface area (Å²) in [5.74, 6) is 1.05. The van der Waals surface area contributed by atoms with E-state index in [1.807, 2.05) is 13.0 Å². The van der Waals surface area contributed by atoms with Crippen LogP contribution in [-0.4, -0.2) is 37.5 Å². The summed E-state index contributed by atoms with van der Waals surface area (Å²) < 4.78 is 47.6. The number of guanidine groups is 1. The number of rotatable bonds is 8. The molecule has 0 spiro atoms. The topological polar surface area (TPSA) is 75.1 Å². The molecule has 0 aliphatic heterocycles. The van der Waals surface area contributed by atoms with Gasteiger partial charge in [-0.2, -0.15) is 13.2 Å². The van der Waals surface area contributed by atoms with Crippen LogP contribution in [0, 0.1) is 6.92 Å². The van der Waals surface area contributed by atoms with Gasteiger partial charge in [-0.05, 0) is 43.2 Å². The monoisotopic (exact) mass is 553 g/mol. The minimum absolute atomic E-state index is 0. The minimum Gasteiger partial charge on any atom is -0.504 e. The third-order valence-corrected chi connectivity index (χ3v) is 4.07. The maximum atomic E-state index is 12.5. The second-order valence-corrected chi connectivity index (χ2v) is 6.57. The number of hydrogen-bond acceptors (Lipinski definition) is 4. The van der Waals surface area contributed by atoms with Crippen molar-refractivity contribution in [1.29, 1.82) is 0 Å². The molecule has 31 heavy (non-hydrogen) atoms. The number of aliphatic imine (C=N–C) groups is 1. The number of ether oxygens (including phenoxy) is 2. The van der Waals surface area contributed by atoms with Crippen molar-refractivity contribution >= 4 is 29.9 Å². The van der Waals surface area contributed by atoms with Gasteiger partial charge in [0.1, 0.15) is 5.75 Å². The molecule has 6 nitrogen and oxygen atoms in total. The molecule has 2 rings (SSSR count). The first-order valence-electron chi connectivity index (χ1n) is 9.39. The Morgan fingerprint density at radius 1 is 1.10 bits per heavy atom. The molecule has 0 atom stereocenters. The number of benzene rings is 2. The normalized spacial score (nSPS) is 11.5. The standard InChI is InChI=1S/C21H26F3N3O3.HI/c1-4-25-20(26-11-15-6-8-18(29-3)17(28)10-15)27-12-16-7-5-14(2)9-19(16)30-13-21(22,23)24;/h5-10,28H,4,11-13H2,1-3H3,(H2,25,26,27);1H. The van der Waals surface area contributed by atoms with E-state index in [0.29, 0.717) is 23.8 Å². The Kier molecular flexibility index (Phi) is 10.7. The van der Waals surface area contributed by atoms with Crippen molar-refractivity contribution in [3.05, 3.63) is 53.1 Å². The summed E-state index contributed by atoms with van der Waals surface area (Å²) in [4.78, 5) is 4.45. The smallest absolute Gasteiger partial charge is 0.422 e. The maximum Gasteiger partial charge on any atom is 0.422 e. The number of aromatic hydroxyl groups is 1. The largest absolute Gasteiger partial charge is 0.504 e. The van der Waals surface area contributed by atoms with Crippen molar-refractivity contribution in [3.8, 4) is 17.2 Å². The molecule has 0 fully saturated rings. The van der Waals surface area contributed by atoms with Crippen LogP contribution >= 0.6 is 24.0 Å². The van der Waals surface area contributed by atoms with Gasteiger partial charge < -0.3 is 25.2 Å². The van der Waals surface area contributed by atoms with Gasteiger partial charge >= 0.3 is 6.18 Å². The number of methoxy groups -OCH3 is 1. The Morgan fingerprint density at radius 3 is 2.45 bits per heavy atom. The number of phenolic OH excluding ortho intramolecular Hbond substituents is 1. The van der Waals surface area contributed by atoms with Gasteiger partial charge in [-0.3, -0.25) is 0 Å². The summed E-state index contributed by atoms with van der Waals surface area (Å²) in [7, 11) is 1.47. The molecular weight excluding hydrogens is 526 g/mol. The zero-order valence-corrected chi connectivity index (χ0v) is 19.9. The van der Waals surface area contributed by atoms with Gasteiger partial charge in [0.25, 0.3) is 0 Å². The SMILES string of the molecule is CCNC(=NCc1ccc(OC)c(O)c1)NCc1ccc(C)cc1OCC(F)(F)F.I. The minimum atomic E-state index is -4.41. The third kappa shape index (κ3) is 9.11. The van der Waals surface area contributed by atoms with Crippen LogP contribution in [0.2, 0.25) is 0 Å². The highest BCUT2D eigenvalue weighted by Crippen LogP contribution is 2.26. The van der Waals surface area contributed by atoms with Crippen LogP contribution in [0.4, 0.5) is 13.2 Å². The molecular formula is C21H27F3IN3O3. The van der Waals surface area contributed by atoms with E-state index in [0.717, 1.165) is 11.1 Å². The fourth-order valence-corrected chi connectivity index (χ4v) is 2.63. The lowest BCUT2D eigenvalue weighted by atomic mass is 10.1. The first-order valence-corrected chi connectivity index (χ1v) is 9.39. The average molecular weight is 553 g/mol. The summed E-state index contributed by atoms with van der Waals surface area (Å²) in [6.45, 7) is 3.46. The lowest BCUT2D eigenvalue weighted by molar-refractivity contribution is -0.153. The molecule has 0 heterocycles. The van der Waals surface area contributed by atoms with Crippen molar-refractivity contribution in [3.63, 3.8) is 0 Å². The summed E-state index contributed by atoms with van der Waals surface area (Å²) in [6, 6.07) is 10.1. The molecule has 0 saturated heterocycles. The van der Waals surface area contributed by atoms with E-state index >= 15 is 0 Å². The maximum absolute atomic E-state index is 12.5. The fraction of sp³-hybridized carbons (Fsp3) is 0.381. The molecule has 0 aromatic heterocycles. The molecule has 0 saturated carbocycles. The number of phenols is 1. The van der Waals surface area contributed by atoms with Crippen LogP contribution in [-0.2, 0) is 13.1 Å². The Balaban J connectivity index is 0.00000480. The number of nitrogens with one attached hydrogen (secondary N) is 2. The van der Waals surface area contributed by atoms with Crippen LogP contribution < -0.4 is 20.1 Å². The molecule has 0 radical (unpaired) electrons. The first-order chi connectivity index (χ1) is 14.2. The van der Waals surface area contributed by atoms with E-state index in [-0.39, 0.29) is 48.6 Å².